The van der Waals surface area contributed by atoms with Gasteiger partial charge in [0.2, 0.25) is 0 Å². The van der Waals surface area contributed by atoms with Crippen LogP contribution >= 0.6 is 0 Å². The van der Waals surface area contributed by atoms with E-state index >= 15 is 0 Å². The molecule has 8 heterocycles. The molecule has 0 saturated carbocycles. The molecule has 0 atom stereocenters. The topological polar surface area (TPSA) is 86.8 Å². The molecule has 0 amide bonds. The first kappa shape index (κ1) is 102. The zero-order valence-electron chi connectivity index (χ0n) is 90.5. The molecule has 0 unspecified atom stereocenters. The van der Waals surface area contributed by atoms with Gasteiger partial charge in [-0.15, -0.1) is 0 Å². The average Bonchev–Trinajstić information content (AvgIpc) is 1.54. The van der Waals surface area contributed by atoms with Crippen molar-refractivity contribution in [2.75, 3.05) is 0 Å². The molecular formula is C133H146N12+4. The predicted octanol–water partition coefficient (Wildman–Crippen LogP) is 32.0. The van der Waals surface area contributed by atoms with Crippen LogP contribution in [0, 0.1) is 60.3 Å². The van der Waals surface area contributed by atoms with Crippen LogP contribution in [0.15, 0.2) is 322 Å². The summed E-state index contributed by atoms with van der Waals surface area (Å²) in [5, 5.41) is 0. The second kappa shape index (κ2) is 43.3. The van der Waals surface area contributed by atoms with Crippen molar-refractivity contribution in [3.8, 4) is 113 Å². The summed E-state index contributed by atoms with van der Waals surface area (Å²) in [5.74, 6) is 8.02. The van der Waals surface area contributed by atoms with E-state index in [1.807, 2.05) is 24.8 Å². The molecule has 145 heavy (non-hydrogen) atoms. The van der Waals surface area contributed by atoms with Gasteiger partial charge in [-0.2, -0.15) is 18.3 Å². The monoisotopic (exact) mass is 1910 g/mol. The molecule has 20 rings (SSSR count). The van der Waals surface area contributed by atoms with Crippen molar-refractivity contribution in [3.05, 3.63) is 406 Å². The number of hydrogen-bond acceptors (Lipinski definition) is 4. The van der Waals surface area contributed by atoms with E-state index in [1.165, 1.54) is 195 Å². The van der Waals surface area contributed by atoms with Crippen molar-refractivity contribution in [1.82, 2.24) is 38.2 Å². The fraction of sp³-hybridized carbons (Fsp3) is 0.278. The smallest absolute Gasteiger partial charge is 0.264 e. The Morgan fingerprint density at radius 2 is 0.538 bits per heavy atom. The lowest BCUT2D eigenvalue weighted by Gasteiger charge is -2.25. The number of rotatable bonds is 22. The molecule has 0 saturated heterocycles. The maximum Gasteiger partial charge on any atom is 0.296 e. The maximum atomic E-state index is 5.04. The molecule has 0 spiro atoms. The van der Waals surface area contributed by atoms with E-state index in [9.17, 15) is 0 Å². The van der Waals surface area contributed by atoms with Gasteiger partial charge < -0.3 is 0 Å². The van der Waals surface area contributed by atoms with Crippen molar-refractivity contribution in [2.45, 2.75) is 208 Å². The zero-order valence-corrected chi connectivity index (χ0v) is 90.5. The van der Waals surface area contributed by atoms with Gasteiger partial charge >= 0.3 is 0 Å². The van der Waals surface area contributed by atoms with Crippen LogP contribution in [-0.4, -0.2) is 38.2 Å². The molecule has 12 aromatic carbocycles. The minimum atomic E-state index is 0.289. The van der Waals surface area contributed by atoms with Crippen LogP contribution in [0.5, 0.6) is 0 Å². The number of para-hydroxylation sites is 11. The van der Waals surface area contributed by atoms with Crippen LogP contribution < -0.4 is 18.3 Å². The summed E-state index contributed by atoms with van der Waals surface area (Å²) in [5.41, 5.74) is 48.8. The number of nitrogens with zero attached hydrogens (tertiary/aromatic N) is 12. The summed E-state index contributed by atoms with van der Waals surface area (Å²) in [4.78, 5) is 19.1. The van der Waals surface area contributed by atoms with E-state index in [1.54, 1.807) is 0 Å². The molecule has 734 valence electrons. The summed E-state index contributed by atoms with van der Waals surface area (Å²) in [6.45, 7) is 52.1. The molecule has 0 fully saturated rings. The number of hydrogen-bond donors (Lipinski definition) is 0. The highest BCUT2D eigenvalue weighted by atomic mass is 15.2. The SMILES string of the molecule is Cc1cc(-c2c(C)cccc2C)ncc1-c1n(-c2c(C(C)C)cccc2C(C)C)c2ccccc2[n+]1C.Cc1ccccc1-c1cc(C)c(-c2n(-c3c(C(C)C)cccc3C(C)C)c3ccccc3[n+]2C)cn1.Cc1ccncc1-c1n(-c2c(C(C)C)c(-c3ccccc3)cc(-c3ccccc3)c2C(C)C)c2ccccc2[n+]1C.Cc1ccncc1-c1n(-c2c(CC(C)C)cccc2CC(C)C)c2ccccc2[n+]1C. The molecule has 0 aliphatic rings. The number of pyridine rings is 4. The van der Waals surface area contributed by atoms with Crippen molar-refractivity contribution >= 4 is 44.1 Å². The number of aromatic nitrogens is 12. The van der Waals surface area contributed by atoms with Gasteiger partial charge in [0.15, 0.2) is 44.1 Å². The number of benzene rings is 12. The molecular weight excluding hydrogens is 1770 g/mol. The maximum absolute atomic E-state index is 5.04. The molecule has 20 aromatic rings. The van der Waals surface area contributed by atoms with Crippen molar-refractivity contribution in [2.24, 2.45) is 40.0 Å². The first-order valence-corrected chi connectivity index (χ1v) is 52.3. The van der Waals surface area contributed by atoms with Crippen LogP contribution in [-0.2, 0) is 41.0 Å². The minimum Gasteiger partial charge on any atom is -0.264 e. The van der Waals surface area contributed by atoms with Gasteiger partial charge in [-0.1, -0.05) is 317 Å². The lowest BCUT2D eigenvalue weighted by molar-refractivity contribution is -0.634. The Hall–Kier alpha value is -14.9. The van der Waals surface area contributed by atoms with E-state index in [4.69, 9.17) is 9.97 Å². The predicted molar refractivity (Wildman–Crippen MR) is 607 cm³/mol. The average molecular weight is 1910 g/mol. The molecule has 12 nitrogen and oxygen atoms in total. The standard InChI is InChI=1S/C38H38N3.C34H38N3.C33H36N3.C28H34N3/c1-25(2)35-30(28-15-9-7-10-16-28)23-31(29-17-11-8-12-18-29)36(26(3)4)37(35)41-34-20-14-13-19-33(34)40(6)38(41)32-24-39-22-21-27(32)5;1-21(2)26-15-12-16-27(22(3)4)33(26)37-31-18-10-9-17-30(31)36(8)34(37)28-20-35-29(19-25(28)7)32-23(5)13-11-14-24(32)6;1-21(2)25-15-12-16-26(22(3)4)32(25)36-31-18-11-10-17-30(31)35(7)33(36)28-20-34-29(19-24(28)6)27-14-9-8-13-23(27)5;1-19(2)16-22-10-9-11-23(17-20(3)4)27(22)31-26-13-8-7-12-25(26)30(6)28(31)24-18-29-15-14-21(24)5/h7-26H,1-6H3;9-22H,1-8H3;8-22H,1-7H3;7-15,18-20H,16-17H2,1-6H3/q4*+1. The number of fused-ring (bicyclic) bond motifs is 4. The van der Waals surface area contributed by atoms with Gasteiger partial charge in [0.1, 0.15) is 22.7 Å². The van der Waals surface area contributed by atoms with Gasteiger partial charge in [0.05, 0.1) is 61.8 Å². The molecule has 0 radical (unpaired) electrons. The lowest BCUT2D eigenvalue weighted by Crippen LogP contribution is -2.30. The van der Waals surface area contributed by atoms with Crippen molar-refractivity contribution < 1.29 is 18.3 Å². The summed E-state index contributed by atoms with van der Waals surface area (Å²) in [7, 11) is 8.72. The lowest BCUT2D eigenvalue weighted by atomic mass is 9.81. The molecule has 0 aliphatic carbocycles. The van der Waals surface area contributed by atoms with Gasteiger partial charge in [-0.05, 0) is 260 Å². The second-order valence-electron chi connectivity index (χ2n) is 42.6. The van der Waals surface area contributed by atoms with Crippen LogP contribution in [0.4, 0.5) is 0 Å². The van der Waals surface area contributed by atoms with Crippen LogP contribution in [0.2, 0.25) is 0 Å². The fourth-order valence-corrected chi connectivity index (χ4v) is 22.2. The summed E-state index contributed by atoms with van der Waals surface area (Å²) in [6, 6.07) is 103. The molecule has 0 N–H and O–H groups in total. The van der Waals surface area contributed by atoms with Gasteiger partial charge in [-0.3, -0.25) is 19.9 Å². The third kappa shape index (κ3) is 19.9. The largest absolute Gasteiger partial charge is 0.296 e. The summed E-state index contributed by atoms with van der Waals surface area (Å²) in [6.07, 6.45) is 14.0. The Labute approximate surface area is 861 Å². The third-order valence-corrected chi connectivity index (χ3v) is 29.2. The number of imidazole rings is 4. The van der Waals surface area contributed by atoms with E-state index in [-0.39, 0.29) is 11.8 Å². The summed E-state index contributed by atoms with van der Waals surface area (Å²) >= 11 is 0. The summed E-state index contributed by atoms with van der Waals surface area (Å²) < 4.78 is 19.3. The number of aryl methyl sites for hydroxylation is 11. The van der Waals surface area contributed by atoms with Gasteiger partial charge in [-0.25, -0.2) is 18.3 Å². The first-order valence-electron chi connectivity index (χ1n) is 52.3. The Morgan fingerprint density at radius 1 is 0.241 bits per heavy atom. The van der Waals surface area contributed by atoms with Crippen LogP contribution in [0.1, 0.15) is 230 Å². The van der Waals surface area contributed by atoms with Crippen molar-refractivity contribution in [3.63, 3.8) is 0 Å². The van der Waals surface area contributed by atoms with Crippen LogP contribution in [0.25, 0.3) is 157 Å². The molecule has 12 heteroatoms. The fourth-order valence-electron chi connectivity index (χ4n) is 22.2. The Balaban J connectivity index is 0.000000133. The Bertz CT molecular complexity index is 7970. The molecule has 8 aromatic heterocycles. The normalized spacial score (nSPS) is 11.7. The Morgan fingerprint density at radius 3 is 0.883 bits per heavy atom. The highest BCUT2D eigenvalue weighted by molar-refractivity contribution is 5.90. The van der Waals surface area contributed by atoms with E-state index in [0.29, 0.717) is 35.5 Å². The van der Waals surface area contributed by atoms with E-state index in [2.05, 4.69) is 531 Å². The third-order valence-electron chi connectivity index (χ3n) is 29.2. The Kier molecular flexibility index (Phi) is 30.4. The zero-order chi connectivity index (χ0) is 103. The molecule has 0 bridgehead atoms. The molecule has 0 aliphatic heterocycles. The van der Waals surface area contributed by atoms with Gasteiger partial charge in [0.25, 0.3) is 23.3 Å². The van der Waals surface area contributed by atoms with Crippen LogP contribution in [0.3, 0.4) is 0 Å². The van der Waals surface area contributed by atoms with Crippen molar-refractivity contribution in [1.29, 1.82) is 0 Å². The quantitative estimate of drug-likeness (QED) is 0.0633. The van der Waals surface area contributed by atoms with Gasteiger partial charge in [0, 0.05) is 81.7 Å². The van der Waals surface area contributed by atoms with E-state index in [0.717, 1.165) is 58.4 Å². The minimum absolute atomic E-state index is 0.289. The first-order chi connectivity index (χ1) is 69.8. The van der Waals surface area contributed by atoms with E-state index < -0.39 is 0 Å². The highest BCUT2D eigenvalue weighted by Crippen LogP contribution is 2.49. The second-order valence-corrected chi connectivity index (χ2v) is 42.6. The highest BCUT2D eigenvalue weighted by Gasteiger charge is 2.39.